The molecule has 6 unspecified atom stereocenters. The second-order valence-electron chi connectivity index (χ2n) is 34.4. The van der Waals surface area contributed by atoms with Gasteiger partial charge in [0.15, 0.2) is 0 Å². The summed E-state index contributed by atoms with van der Waals surface area (Å²) in [5, 5.41) is 6.72. The molecule has 4 nitrogen and oxygen atoms in total. The molecule has 0 aliphatic heterocycles. The maximum atomic E-state index is 7.28. The largest absolute Gasteiger partial charge is 0.455 e. The van der Waals surface area contributed by atoms with Crippen LogP contribution in [-0.4, -0.2) is 0 Å². The van der Waals surface area contributed by atoms with Gasteiger partial charge in [0.05, 0.1) is 17.1 Å². The van der Waals surface area contributed by atoms with Gasteiger partial charge in [0.2, 0.25) is 0 Å². The Morgan fingerprint density at radius 3 is 1.30 bits per heavy atom. The standard InChI is InChI=1S/C114H82N2O2/c1-3-21-73(22-4-1)75-45-56-83(57-46-75)115(103-39-14-10-27-88(103)92-32-18-37-101-108(92)96-30-9-13-36-99(96)113(101)69-71-43-54-81(113)65-71)84-60-49-78(50-61-84)87-31-17-35-95-91-62-52-80(68-107(91)118-111(87)95)79-53-64-100-98(67-79)109-93(33-19-38-102(109)114(100)70-72-44-55-82(114)66-72)89-28-11-15-40-104(89)116(85-58-47-76(48-59-85)74-23-5-2-6-24-74)105-41-16-12-29-90(105)94-34-20-42-106-110(94)97-63-51-77-25-7-8-26-86(77)112(97)117-106/h1-42,45-53,56-64,67-68,71-72,81-82H,43-44,54-55,65-66,69-70H2. The Bertz CT molecular complexity index is 7290. The Hall–Kier alpha value is -13.8. The molecule has 4 saturated carbocycles. The quantitative estimate of drug-likeness (QED) is 0.115. The molecule has 0 amide bonds. The highest BCUT2D eigenvalue weighted by molar-refractivity contribution is 6.20. The summed E-state index contributed by atoms with van der Waals surface area (Å²) in [6.45, 7) is 0. The van der Waals surface area contributed by atoms with Crippen LogP contribution in [0.25, 0.3) is 155 Å². The van der Waals surface area contributed by atoms with Gasteiger partial charge in [0, 0.05) is 77.1 Å². The van der Waals surface area contributed by atoms with Gasteiger partial charge in [-0.2, -0.15) is 0 Å². The first kappa shape index (κ1) is 67.5. The lowest BCUT2D eigenvalue weighted by molar-refractivity contribution is 0.327. The molecule has 2 spiro atoms. The van der Waals surface area contributed by atoms with E-state index >= 15 is 0 Å². The number of fused-ring (bicyclic) bond motifs is 24. The third-order valence-corrected chi connectivity index (χ3v) is 28.7. The molecule has 560 valence electrons. The molecule has 0 N–H and O–H groups in total. The average molecular weight is 1510 g/mol. The molecule has 4 heteroatoms. The van der Waals surface area contributed by atoms with Crippen LogP contribution in [0.4, 0.5) is 34.1 Å². The SMILES string of the molecule is c1ccc(-c2ccc(N(c3ccc(-c4cccc5c4oc4cc(-c6ccc7c(c6)-c6c(-c8ccccc8N(c8ccc(-c9ccccc9)cc8)c8ccccc8-c8cccc9oc%10c%11ccccc%11ccc%10c89)cccc6C76CC7CCC6C7)ccc45)cc3)c3ccccc3-c3cccc4c3-c3ccccc3C43CC4CCC3C4)cc2)cc1. The summed E-state index contributed by atoms with van der Waals surface area (Å²) >= 11 is 0. The molecule has 4 fully saturated rings. The van der Waals surface area contributed by atoms with Crippen molar-refractivity contribution in [3.63, 3.8) is 0 Å². The first-order valence-corrected chi connectivity index (χ1v) is 42.6. The Labute approximate surface area is 687 Å². The van der Waals surface area contributed by atoms with Crippen molar-refractivity contribution in [2.45, 2.75) is 62.2 Å². The van der Waals surface area contributed by atoms with Crippen molar-refractivity contribution in [1.29, 1.82) is 0 Å². The highest BCUT2D eigenvalue weighted by atomic mass is 16.3. The normalized spacial score (nSPS) is 19.0. The molecule has 6 aliphatic rings. The number of nitrogens with zero attached hydrogens (tertiary/aromatic N) is 2. The summed E-state index contributed by atoms with van der Waals surface area (Å²) < 4.78 is 14.2. The van der Waals surface area contributed by atoms with Crippen LogP contribution in [-0.2, 0) is 10.8 Å². The van der Waals surface area contributed by atoms with Gasteiger partial charge in [-0.1, -0.05) is 304 Å². The molecule has 6 aliphatic carbocycles. The average Bonchev–Trinajstić information content (AvgIpc) is 1.53. The fraction of sp³-hybridized carbons (Fsp3) is 0.123. The van der Waals surface area contributed by atoms with Gasteiger partial charge >= 0.3 is 0 Å². The fourth-order valence-electron chi connectivity index (χ4n) is 23.7. The van der Waals surface area contributed by atoms with Crippen LogP contribution in [0.5, 0.6) is 0 Å². The summed E-state index contributed by atoms with van der Waals surface area (Å²) in [5.74, 6) is 2.76. The van der Waals surface area contributed by atoms with Crippen molar-refractivity contribution in [2.24, 2.45) is 23.7 Å². The predicted octanol–water partition coefficient (Wildman–Crippen LogP) is 31.4. The first-order valence-electron chi connectivity index (χ1n) is 42.6. The molecule has 2 aromatic heterocycles. The van der Waals surface area contributed by atoms with Crippen molar-refractivity contribution in [2.75, 3.05) is 9.80 Å². The monoisotopic (exact) mass is 1510 g/mol. The third kappa shape index (κ3) is 10.1. The van der Waals surface area contributed by atoms with E-state index in [4.69, 9.17) is 8.83 Å². The molecular weight excluding hydrogens is 1430 g/mol. The molecule has 19 aromatic rings. The second kappa shape index (κ2) is 26.4. The van der Waals surface area contributed by atoms with Crippen LogP contribution in [0.15, 0.2) is 385 Å². The number of furan rings is 2. The van der Waals surface area contributed by atoms with Crippen molar-refractivity contribution >= 4 is 88.8 Å². The first-order chi connectivity index (χ1) is 58.5. The van der Waals surface area contributed by atoms with E-state index in [1.54, 1.807) is 5.56 Å². The third-order valence-electron chi connectivity index (χ3n) is 28.7. The van der Waals surface area contributed by atoms with Crippen LogP contribution >= 0.6 is 0 Å². The highest BCUT2D eigenvalue weighted by Gasteiger charge is 2.59. The Morgan fingerprint density at radius 2 is 0.678 bits per heavy atom. The number of benzene rings is 17. The lowest BCUT2D eigenvalue weighted by atomic mass is 9.66. The number of hydrogen-bond acceptors (Lipinski definition) is 4. The van der Waals surface area contributed by atoms with Crippen molar-refractivity contribution < 1.29 is 8.83 Å². The Kier molecular flexibility index (Phi) is 15.1. The lowest BCUT2D eigenvalue weighted by Crippen LogP contribution is -2.31. The lowest BCUT2D eigenvalue weighted by Gasteiger charge is -2.36. The molecule has 17 aromatic carbocycles. The van der Waals surface area contributed by atoms with Crippen molar-refractivity contribution in [3.8, 4) is 100 Å². The van der Waals surface area contributed by atoms with Gasteiger partial charge in [-0.3, -0.25) is 0 Å². The fourth-order valence-corrected chi connectivity index (χ4v) is 23.7. The van der Waals surface area contributed by atoms with Gasteiger partial charge in [0.1, 0.15) is 22.3 Å². The second-order valence-corrected chi connectivity index (χ2v) is 34.4. The number of hydrogen-bond donors (Lipinski definition) is 0. The van der Waals surface area contributed by atoms with Gasteiger partial charge in [0.25, 0.3) is 0 Å². The molecule has 6 atom stereocenters. The topological polar surface area (TPSA) is 32.8 Å². The predicted molar refractivity (Wildman–Crippen MR) is 489 cm³/mol. The summed E-state index contributed by atoms with van der Waals surface area (Å²) in [5.41, 5.74) is 38.2. The Balaban J connectivity index is 0.597. The number of para-hydroxylation sites is 4. The van der Waals surface area contributed by atoms with Crippen LogP contribution in [0.3, 0.4) is 0 Å². The van der Waals surface area contributed by atoms with Gasteiger partial charge < -0.3 is 18.6 Å². The molecule has 0 saturated heterocycles. The van der Waals surface area contributed by atoms with E-state index in [9.17, 15) is 0 Å². The molecule has 0 radical (unpaired) electrons. The van der Waals surface area contributed by atoms with E-state index in [-0.39, 0.29) is 10.8 Å². The number of rotatable bonds is 13. The minimum Gasteiger partial charge on any atom is -0.455 e. The van der Waals surface area contributed by atoms with E-state index in [1.165, 1.54) is 140 Å². The Morgan fingerprint density at radius 1 is 0.246 bits per heavy atom. The summed E-state index contributed by atoms with van der Waals surface area (Å²) in [7, 11) is 0. The van der Waals surface area contributed by atoms with Crippen LogP contribution in [0.1, 0.15) is 73.6 Å². The van der Waals surface area contributed by atoms with E-state index in [2.05, 4.69) is 386 Å². The molecule has 118 heavy (non-hydrogen) atoms. The van der Waals surface area contributed by atoms with Crippen LogP contribution in [0.2, 0.25) is 0 Å². The van der Waals surface area contributed by atoms with Crippen LogP contribution in [0, 0.1) is 23.7 Å². The zero-order chi connectivity index (χ0) is 77.3. The van der Waals surface area contributed by atoms with E-state index < -0.39 is 0 Å². The van der Waals surface area contributed by atoms with E-state index in [0.717, 1.165) is 123 Å². The molecule has 25 rings (SSSR count). The molecular formula is C114H82N2O2. The number of anilines is 6. The minimum absolute atomic E-state index is 0.0731. The zero-order valence-corrected chi connectivity index (χ0v) is 65.5. The van der Waals surface area contributed by atoms with E-state index in [0.29, 0.717) is 17.8 Å². The van der Waals surface area contributed by atoms with Crippen molar-refractivity contribution in [3.05, 3.63) is 398 Å². The minimum atomic E-state index is -0.0731. The maximum Gasteiger partial charge on any atom is 0.143 e. The summed E-state index contributed by atoms with van der Waals surface area (Å²) in [6, 6.07) is 141. The molecule has 4 bridgehead atoms. The maximum absolute atomic E-state index is 7.28. The highest BCUT2D eigenvalue weighted by Crippen LogP contribution is 2.69. The van der Waals surface area contributed by atoms with Crippen molar-refractivity contribution in [1.82, 2.24) is 0 Å². The molecule has 2 heterocycles. The van der Waals surface area contributed by atoms with Gasteiger partial charge in [-0.15, -0.1) is 0 Å². The smallest absolute Gasteiger partial charge is 0.143 e. The van der Waals surface area contributed by atoms with Crippen LogP contribution < -0.4 is 9.80 Å². The van der Waals surface area contributed by atoms with Gasteiger partial charge in [-0.25, -0.2) is 0 Å². The summed E-state index contributed by atoms with van der Waals surface area (Å²) in [4.78, 5) is 5.01. The van der Waals surface area contributed by atoms with E-state index in [1.807, 2.05) is 0 Å². The summed E-state index contributed by atoms with van der Waals surface area (Å²) in [6.07, 6.45) is 10.3. The van der Waals surface area contributed by atoms with Gasteiger partial charge in [-0.05, 0) is 253 Å². The zero-order valence-electron chi connectivity index (χ0n) is 65.5.